The molecule has 112 valence electrons. The molecule has 0 aromatic heterocycles. The summed E-state index contributed by atoms with van der Waals surface area (Å²) in [6.07, 6.45) is 0. The van der Waals surface area contributed by atoms with Crippen molar-refractivity contribution < 1.29 is 9.59 Å². The number of carbonyl (C=O) groups is 2. The number of hydrogen-bond acceptors (Lipinski definition) is 3. The first-order valence-electron chi connectivity index (χ1n) is 6.23. The van der Waals surface area contributed by atoms with Crippen LogP contribution in [0.1, 0.15) is 37.4 Å². The summed E-state index contributed by atoms with van der Waals surface area (Å²) < 4.78 is 0. The highest BCUT2D eigenvalue weighted by atomic mass is 35.5. The quantitative estimate of drug-likeness (QED) is 0.680. The van der Waals surface area contributed by atoms with Crippen LogP contribution in [0, 0.1) is 20.8 Å². The Bertz CT molecular complexity index is 666. The molecule has 0 saturated heterocycles. The maximum absolute atomic E-state index is 12.3. The molecule has 0 atom stereocenters. The molecule has 2 aromatic rings. The second kappa shape index (κ2) is 7.72. The molecule has 0 spiro atoms. The normalized spacial score (nSPS) is 9.29. The van der Waals surface area contributed by atoms with E-state index in [9.17, 15) is 9.59 Å². The number of aryl methyl sites for hydroxylation is 2. The van der Waals surface area contributed by atoms with Crippen molar-refractivity contribution in [2.45, 2.75) is 20.8 Å². The van der Waals surface area contributed by atoms with Gasteiger partial charge >= 0.3 is 0 Å². The summed E-state index contributed by atoms with van der Waals surface area (Å²) in [6, 6.07) is 12.6. The van der Waals surface area contributed by atoms with Gasteiger partial charge in [0.25, 0.3) is 0 Å². The van der Waals surface area contributed by atoms with Crippen LogP contribution >= 0.6 is 12.4 Å². The van der Waals surface area contributed by atoms with Crippen LogP contribution in [0.5, 0.6) is 0 Å². The first-order chi connectivity index (χ1) is 9.02. The van der Waals surface area contributed by atoms with E-state index in [4.69, 9.17) is 0 Å². The van der Waals surface area contributed by atoms with Crippen LogP contribution in [0.2, 0.25) is 0 Å². The number of ketones is 2. The zero-order valence-electron chi connectivity index (χ0n) is 12.5. The maximum atomic E-state index is 12.3. The van der Waals surface area contributed by atoms with Crippen molar-refractivity contribution in [3.63, 3.8) is 0 Å². The van der Waals surface area contributed by atoms with Gasteiger partial charge in [0.05, 0.1) is 0 Å². The van der Waals surface area contributed by atoms with Crippen molar-refractivity contribution in [1.82, 2.24) is 6.15 Å². The van der Waals surface area contributed by atoms with Gasteiger partial charge < -0.3 is 6.15 Å². The van der Waals surface area contributed by atoms with Crippen molar-refractivity contribution >= 4 is 24.0 Å². The van der Waals surface area contributed by atoms with Gasteiger partial charge in [-0.25, -0.2) is 0 Å². The molecule has 21 heavy (non-hydrogen) atoms. The molecule has 0 bridgehead atoms. The van der Waals surface area contributed by atoms with Gasteiger partial charge in [-0.1, -0.05) is 42.5 Å². The Labute approximate surface area is 131 Å². The lowest BCUT2D eigenvalue weighted by molar-refractivity contribution is 0.0816. The number of carbonyl (C=O) groups excluding carboxylic acids is 2. The molecular formula is C17H20ClNO2. The van der Waals surface area contributed by atoms with Gasteiger partial charge in [-0.3, -0.25) is 9.59 Å². The average molecular weight is 306 g/mol. The van der Waals surface area contributed by atoms with Crippen LogP contribution in [0.4, 0.5) is 0 Å². The van der Waals surface area contributed by atoms with Gasteiger partial charge in [0.15, 0.2) is 0 Å². The van der Waals surface area contributed by atoms with Crippen molar-refractivity contribution in [2.24, 2.45) is 0 Å². The van der Waals surface area contributed by atoms with Crippen molar-refractivity contribution in [1.29, 1.82) is 0 Å². The molecule has 0 unspecified atom stereocenters. The lowest BCUT2D eigenvalue weighted by Crippen LogP contribution is -2.17. The second-order valence-corrected chi connectivity index (χ2v) is 4.72. The fourth-order valence-corrected chi connectivity index (χ4v) is 2.07. The number of halogens is 1. The van der Waals surface area contributed by atoms with Gasteiger partial charge in [0.1, 0.15) is 0 Å². The van der Waals surface area contributed by atoms with Gasteiger partial charge in [-0.2, -0.15) is 0 Å². The molecule has 2 aromatic carbocycles. The molecule has 0 radical (unpaired) electrons. The van der Waals surface area contributed by atoms with E-state index in [1.807, 2.05) is 39.0 Å². The Kier molecular flexibility index (Phi) is 6.99. The number of hydrogen-bond donors (Lipinski definition) is 1. The van der Waals surface area contributed by atoms with E-state index >= 15 is 0 Å². The van der Waals surface area contributed by atoms with E-state index in [0.29, 0.717) is 11.1 Å². The first kappa shape index (κ1) is 19.0. The fraction of sp³-hybridized carbons (Fsp3) is 0.176. The van der Waals surface area contributed by atoms with Crippen molar-refractivity contribution in [3.05, 3.63) is 70.3 Å². The van der Waals surface area contributed by atoms with Crippen LogP contribution in [-0.4, -0.2) is 11.6 Å². The predicted octanol–water partition coefficient (Wildman–Crippen LogP) is 4.26. The summed E-state index contributed by atoms with van der Waals surface area (Å²) in [5.74, 6) is -0.873. The van der Waals surface area contributed by atoms with E-state index in [-0.39, 0.29) is 18.6 Å². The van der Waals surface area contributed by atoms with E-state index in [1.54, 1.807) is 24.3 Å². The lowest BCUT2D eigenvalue weighted by atomic mass is 9.94. The summed E-state index contributed by atoms with van der Waals surface area (Å²) >= 11 is 0. The summed E-state index contributed by atoms with van der Waals surface area (Å²) in [5, 5.41) is 0. The molecular weight excluding hydrogens is 286 g/mol. The van der Waals surface area contributed by atoms with Crippen molar-refractivity contribution in [3.8, 4) is 0 Å². The Balaban J connectivity index is 0.00000200. The minimum Gasteiger partial charge on any atom is -0.344 e. The van der Waals surface area contributed by atoms with Crippen molar-refractivity contribution in [2.75, 3.05) is 0 Å². The maximum Gasteiger partial charge on any atom is 0.233 e. The molecule has 4 heteroatoms. The molecule has 0 amide bonds. The molecule has 0 aliphatic carbocycles. The Morgan fingerprint density at radius 3 is 1.81 bits per heavy atom. The molecule has 3 nitrogen and oxygen atoms in total. The standard InChI is InChI=1S/C17H16O2.ClH.H3N/c1-11-8-6-10-15(13(11)3)17(19)16(18)14-9-5-4-7-12(14)2;;/h4-10H,1-3H3;1H;1H3. The van der Waals surface area contributed by atoms with Crippen LogP contribution < -0.4 is 6.15 Å². The van der Waals surface area contributed by atoms with Gasteiger partial charge in [-0.05, 0) is 37.5 Å². The number of rotatable bonds is 3. The van der Waals surface area contributed by atoms with Crippen LogP contribution in [0.3, 0.4) is 0 Å². The average Bonchev–Trinajstić information content (AvgIpc) is 2.41. The van der Waals surface area contributed by atoms with Gasteiger partial charge in [0, 0.05) is 11.1 Å². The third-order valence-electron chi connectivity index (χ3n) is 3.45. The smallest absolute Gasteiger partial charge is 0.233 e. The highest BCUT2D eigenvalue weighted by molar-refractivity contribution is 6.49. The van der Waals surface area contributed by atoms with Crippen LogP contribution in [0.25, 0.3) is 0 Å². The first-order valence-corrected chi connectivity index (χ1v) is 6.23. The topological polar surface area (TPSA) is 69.1 Å². The van der Waals surface area contributed by atoms with Gasteiger partial charge in [-0.15, -0.1) is 12.4 Å². The van der Waals surface area contributed by atoms with E-state index in [1.165, 1.54) is 0 Å². The highest BCUT2D eigenvalue weighted by Crippen LogP contribution is 2.17. The Morgan fingerprint density at radius 2 is 1.19 bits per heavy atom. The molecule has 0 aliphatic heterocycles. The molecule has 0 fully saturated rings. The molecule has 0 saturated carbocycles. The fourth-order valence-electron chi connectivity index (χ4n) is 2.07. The SMILES string of the molecule is Cc1ccccc1C(=O)C(=O)c1cccc(C)c1C.Cl.N. The summed E-state index contributed by atoms with van der Waals surface area (Å²) in [5.41, 5.74) is 3.69. The molecule has 0 heterocycles. The zero-order valence-corrected chi connectivity index (χ0v) is 13.3. The minimum atomic E-state index is -0.438. The zero-order chi connectivity index (χ0) is 14.0. The largest absolute Gasteiger partial charge is 0.344 e. The highest BCUT2D eigenvalue weighted by Gasteiger charge is 2.21. The Morgan fingerprint density at radius 1 is 0.714 bits per heavy atom. The third-order valence-corrected chi connectivity index (χ3v) is 3.45. The van der Waals surface area contributed by atoms with E-state index < -0.39 is 11.6 Å². The third kappa shape index (κ3) is 3.78. The Hall–Kier alpha value is -1.97. The summed E-state index contributed by atoms with van der Waals surface area (Å²) in [4.78, 5) is 24.6. The predicted molar refractivity (Wildman–Crippen MR) is 88.0 cm³/mol. The summed E-state index contributed by atoms with van der Waals surface area (Å²) in [6.45, 7) is 5.64. The molecule has 2 rings (SSSR count). The van der Waals surface area contributed by atoms with Gasteiger partial charge in [0.2, 0.25) is 11.6 Å². The minimum absolute atomic E-state index is 0. The van der Waals surface area contributed by atoms with E-state index in [0.717, 1.165) is 16.7 Å². The monoisotopic (exact) mass is 305 g/mol. The number of benzene rings is 2. The lowest BCUT2D eigenvalue weighted by Gasteiger charge is -2.08. The van der Waals surface area contributed by atoms with E-state index in [2.05, 4.69) is 0 Å². The molecule has 0 aliphatic rings. The van der Waals surface area contributed by atoms with Crippen LogP contribution in [-0.2, 0) is 0 Å². The van der Waals surface area contributed by atoms with Crippen LogP contribution in [0.15, 0.2) is 42.5 Å². The second-order valence-electron chi connectivity index (χ2n) is 4.72. The molecule has 3 N–H and O–H groups in total. The summed E-state index contributed by atoms with van der Waals surface area (Å²) in [7, 11) is 0. The number of Topliss-reactive ketones (excluding diaryl/α,β-unsaturated/α-hetero) is 2.